The van der Waals surface area contributed by atoms with Crippen LogP contribution in [-0.2, 0) is 0 Å². The fourth-order valence-corrected chi connectivity index (χ4v) is 1.34. The number of ether oxygens (including phenoxy) is 1. The third kappa shape index (κ3) is 1.35. The number of methoxy groups -OCH3 is 1. The van der Waals surface area contributed by atoms with Crippen LogP contribution in [0, 0.1) is 0 Å². The Morgan fingerprint density at radius 1 is 1.43 bits per heavy atom. The average Bonchev–Trinajstić information content (AvgIpc) is 2.59. The van der Waals surface area contributed by atoms with Gasteiger partial charge in [-0.15, -0.1) is 0 Å². The summed E-state index contributed by atoms with van der Waals surface area (Å²) in [5, 5.41) is 0.755. The highest BCUT2D eigenvalue weighted by atomic mass is 19.1. The molecule has 0 radical (unpaired) electrons. The van der Waals surface area contributed by atoms with Crippen LogP contribution in [0.1, 0.15) is 10.5 Å². The van der Waals surface area contributed by atoms with Gasteiger partial charge in [-0.05, 0) is 24.3 Å². The monoisotopic (exact) mass is 193 g/mol. The van der Waals surface area contributed by atoms with E-state index in [0.717, 1.165) is 5.39 Å². The first-order valence-electron chi connectivity index (χ1n) is 4.07. The second kappa shape index (κ2) is 3.14. The number of carbonyl (C=O) groups is 1. The normalized spacial score (nSPS) is 10.4. The second-order valence-electron chi connectivity index (χ2n) is 2.91. The molecule has 0 unspecified atom stereocenters. The molecule has 72 valence electrons. The minimum atomic E-state index is -1.46. The van der Waals surface area contributed by atoms with E-state index < -0.39 is 6.04 Å². The highest BCUT2D eigenvalue weighted by Crippen LogP contribution is 2.21. The van der Waals surface area contributed by atoms with Crippen LogP contribution in [0.2, 0.25) is 0 Å². The van der Waals surface area contributed by atoms with Gasteiger partial charge in [0.1, 0.15) is 11.4 Å². The molecule has 0 saturated heterocycles. The lowest BCUT2D eigenvalue weighted by molar-refractivity contribution is 0.0831. The molecule has 2 aromatic rings. The van der Waals surface area contributed by atoms with Crippen molar-refractivity contribution < 1.29 is 13.9 Å². The van der Waals surface area contributed by atoms with Crippen molar-refractivity contribution in [1.29, 1.82) is 0 Å². The molecule has 0 fully saturated rings. The van der Waals surface area contributed by atoms with Crippen molar-refractivity contribution in [2.24, 2.45) is 0 Å². The topological polar surface area (TPSA) is 42.1 Å². The van der Waals surface area contributed by atoms with Crippen molar-refractivity contribution in [1.82, 2.24) is 4.98 Å². The van der Waals surface area contributed by atoms with Gasteiger partial charge in [0.2, 0.25) is 0 Å². The van der Waals surface area contributed by atoms with Crippen LogP contribution in [0.3, 0.4) is 0 Å². The Bertz CT molecular complexity index is 490. The van der Waals surface area contributed by atoms with Gasteiger partial charge in [0, 0.05) is 10.9 Å². The molecule has 0 saturated carbocycles. The number of nitrogens with one attached hydrogen (secondary N) is 1. The summed E-state index contributed by atoms with van der Waals surface area (Å²) in [6.45, 7) is 0. The van der Waals surface area contributed by atoms with Crippen molar-refractivity contribution >= 4 is 16.9 Å². The van der Waals surface area contributed by atoms with E-state index in [1.165, 1.54) is 6.07 Å². The van der Waals surface area contributed by atoms with Gasteiger partial charge in [0.15, 0.2) is 0 Å². The number of hydrogen-bond donors (Lipinski definition) is 1. The van der Waals surface area contributed by atoms with Gasteiger partial charge in [-0.25, -0.2) is 0 Å². The lowest BCUT2D eigenvalue weighted by atomic mass is 10.2. The first-order chi connectivity index (χ1) is 6.70. The maximum Gasteiger partial charge on any atom is 0.348 e. The van der Waals surface area contributed by atoms with E-state index in [9.17, 15) is 9.18 Å². The Morgan fingerprint density at radius 3 is 2.86 bits per heavy atom. The quantitative estimate of drug-likeness (QED) is 0.743. The maximum absolute atomic E-state index is 12.4. The summed E-state index contributed by atoms with van der Waals surface area (Å²) >= 11 is 0. The first kappa shape index (κ1) is 8.74. The Morgan fingerprint density at radius 2 is 2.21 bits per heavy atom. The Balaban J connectivity index is 2.60. The molecule has 1 aromatic heterocycles. The standard InChI is InChI=1S/C10H8FNO2/c1-14-7-2-3-8-6(4-7)5-9(12-8)10(11)13/h2-5,12H,1H3. The summed E-state index contributed by atoms with van der Waals surface area (Å²) in [5.74, 6) is 0.675. The Labute approximate surface area is 79.5 Å². The largest absolute Gasteiger partial charge is 0.497 e. The average molecular weight is 193 g/mol. The zero-order chi connectivity index (χ0) is 10.1. The molecule has 2 rings (SSSR count). The lowest BCUT2D eigenvalue weighted by Gasteiger charge is -1.97. The number of halogens is 1. The maximum atomic E-state index is 12.4. The molecule has 1 heterocycles. The number of aromatic amines is 1. The molecule has 1 aromatic carbocycles. The smallest absolute Gasteiger partial charge is 0.348 e. The molecule has 4 heteroatoms. The van der Waals surface area contributed by atoms with Crippen LogP contribution < -0.4 is 4.74 Å². The predicted molar refractivity (Wildman–Crippen MR) is 50.3 cm³/mol. The van der Waals surface area contributed by atoms with E-state index in [-0.39, 0.29) is 5.69 Å². The van der Waals surface area contributed by atoms with E-state index in [1.807, 2.05) is 0 Å². The van der Waals surface area contributed by atoms with Crippen LogP contribution in [-0.4, -0.2) is 18.1 Å². The number of benzene rings is 1. The molecule has 0 amide bonds. The third-order valence-electron chi connectivity index (χ3n) is 2.04. The minimum absolute atomic E-state index is 0.0340. The van der Waals surface area contributed by atoms with Crippen LogP contribution >= 0.6 is 0 Å². The summed E-state index contributed by atoms with van der Waals surface area (Å²) in [7, 11) is 1.55. The van der Waals surface area contributed by atoms with Crippen molar-refractivity contribution in [3.63, 3.8) is 0 Å². The number of carbonyl (C=O) groups excluding carboxylic acids is 1. The van der Waals surface area contributed by atoms with Gasteiger partial charge in [0.25, 0.3) is 0 Å². The number of fused-ring (bicyclic) bond motifs is 1. The zero-order valence-electron chi connectivity index (χ0n) is 7.50. The van der Waals surface area contributed by atoms with Gasteiger partial charge in [-0.1, -0.05) is 0 Å². The zero-order valence-corrected chi connectivity index (χ0v) is 7.50. The van der Waals surface area contributed by atoms with Gasteiger partial charge in [-0.2, -0.15) is 4.39 Å². The Kier molecular flexibility index (Phi) is 1.96. The van der Waals surface area contributed by atoms with Gasteiger partial charge < -0.3 is 9.72 Å². The van der Waals surface area contributed by atoms with Crippen LogP contribution in [0.5, 0.6) is 5.75 Å². The first-order valence-corrected chi connectivity index (χ1v) is 4.07. The fourth-order valence-electron chi connectivity index (χ4n) is 1.34. The summed E-state index contributed by atoms with van der Waals surface area (Å²) in [5.41, 5.74) is 0.681. The highest BCUT2D eigenvalue weighted by Gasteiger charge is 2.07. The van der Waals surface area contributed by atoms with Crippen LogP contribution in [0.25, 0.3) is 10.9 Å². The van der Waals surface area contributed by atoms with Crippen molar-refractivity contribution in [3.05, 3.63) is 30.0 Å². The molecule has 3 nitrogen and oxygen atoms in total. The molecule has 1 N–H and O–H groups in total. The molecule has 0 spiro atoms. The van der Waals surface area contributed by atoms with E-state index in [4.69, 9.17) is 4.74 Å². The molecule has 0 atom stereocenters. The van der Waals surface area contributed by atoms with E-state index in [1.54, 1.807) is 25.3 Å². The lowest BCUT2D eigenvalue weighted by Crippen LogP contribution is -1.87. The van der Waals surface area contributed by atoms with Crippen LogP contribution in [0.15, 0.2) is 24.3 Å². The molecule has 0 bridgehead atoms. The van der Waals surface area contributed by atoms with E-state index >= 15 is 0 Å². The van der Waals surface area contributed by atoms with Crippen LogP contribution in [0.4, 0.5) is 4.39 Å². The van der Waals surface area contributed by atoms with Gasteiger partial charge in [-0.3, -0.25) is 4.79 Å². The van der Waals surface area contributed by atoms with Crippen molar-refractivity contribution in [2.75, 3.05) is 7.11 Å². The molecule has 0 aliphatic heterocycles. The van der Waals surface area contributed by atoms with Crippen molar-refractivity contribution in [2.45, 2.75) is 0 Å². The molecular weight excluding hydrogens is 185 g/mol. The number of rotatable bonds is 2. The molecule has 0 aliphatic rings. The number of H-pyrrole nitrogens is 1. The van der Waals surface area contributed by atoms with Gasteiger partial charge in [0.05, 0.1) is 7.11 Å². The predicted octanol–water partition coefficient (Wildman–Crippen LogP) is 2.29. The summed E-state index contributed by atoms with van der Waals surface area (Å²) in [6.07, 6.45) is 0. The molecule has 14 heavy (non-hydrogen) atoms. The summed E-state index contributed by atoms with van der Waals surface area (Å²) < 4.78 is 17.4. The molecular formula is C10H8FNO2. The minimum Gasteiger partial charge on any atom is -0.497 e. The summed E-state index contributed by atoms with van der Waals surface area (Å²) in [4.78, 5) is 13.1. The van der Waals surface area contributed by atoms with Gasteiger partial charge >= 0.3 is 6.04 Å². The third-order valence-corrected chi connectivity index (χ3v) is 2.04. The van der Waals surface area contributed by atoms with E-state index in [2.05, 4.69) is 4.98 Å². The summed E-state index contributed by atoms with van der Waals surface area (Å²) in [6, 6.07) is 5.21. The SMILES string of the molecule is COc1ccc2[nH]c(C(=O)F)cc2c1. The number of hydrogen-bond acceptors (Lipinski definition) is 2. The Hall–Kier alpha value is -1.84. The number of aromatic nitrogens is 1. The van der Waals surface area contributed by atoms with E-state index in [0.29, 0.717) is 11.3 Å². The highest BCUT2D eigenvalue weighted by molar-refractivity contribution is 5.94. The molecule has 0 aliphatic carbocycles. The second-order valence-corrected chi connectivity index (χ2v) is 2.91. The fraction of sp³-hybridized carbons (Fsp3) is 0.100. The van der Waals surface area contributed by atoms with Crippen molar-refractivity contribution in [3.8, 4) is 5.75 Å².